The summed E-state index contributed by atoms with van der Waals surface area (Å²) in [5, 5.41) is 10.5. The first kappa shape index (κ1) is 21.6. The molecule has 5 rings (SSSR count). The van der Waals surface area contributed by atoms with E-state index < -0.39 is 17.8 Å². The number of nitrogens with zero attached hydrogens (tertiary/aromatic N) is 2. The van der Waals surface area contributed by atoms with Crippen molar-refractivity contribution in [3.63, 3.8) is 0 Å². The highest BCUT2D eigenvalue weighted by molar-refractivity contribution is 6.04. The van der Waals surface area contributed by atoms with Gasteiger partial charge in [-0.3, -0.25) is 9.59 Å². The number of anilines is 1. The maximum atomic E-state index is 14.2. The van der Waals surface area contributed by atoms with Crippen molar-refractivity contribution in [2.45, 2.75) is 25.8 Å². The Balaban J connectivity index is 1.63. The molecule has 0 saturated carbocycles. The van der Waals surface area contributed by atoms with Gasteiger partial charge in [0.1, 0.15) is 17.7 Å². The molecule has 0 spiro atoms. The van der Waals surface area contributed by atoms with Crippen molar-refractivity contribution in [2.24, 2.45) is 0 Å². The zero-order valence-corrected chi connectivity index (χ0v) is 18.7. The minimum atomic E-state index is -0.948. The van der Waals surface area contributed by atoms with Crippen molar-refractivity contribution in [3.8, 4) is 5.69 Å². The van der Waals surface area contributed by atoms with Crippen LogP contribution in [-0.2, 0) is 4.79 Å². The van der Waals surface area contributed by atoms with Gasteiger partial charge in [-0.05, 0) is 55.8 Å². The number of hydrogen-bond acceptors (Lipinski definition) is 3. The van der Waals surface area contributed by atoms with Crippen LogP contribution in [0.15, 0.2) is 78.9 Å². The predicted molar refractivity (Wildman–Crippen MR) is 128 cm³/mol. The van der Waals surface area contributed by atoms with E-state index >= 15 is 0 Å². The number of aromatic nitrogens is 2. The Labute approximate surface area is 196 Å². The molecule has 2 atom stereocenters. The number of nitrogens with one attached hydrogen (secondary N) is 2. The van der Waals surface area contributed by atoms with Gasteiger partial charge in [0.2, 0.25) is 5.91 Å². The van der Waals surface area contributed by atoms with Crippen LogP contribution in [0.1, 0.15) is 38.7 Å². The maximum Gasteiger partial charge on any atom is 0.251 e. The van der Waals surface area contributed by atoms with Gasteiger partial charge in [-0.1, -0.05) is 48.0 Å². The molecule has 34 heavy (non-hydrogen) atoms. The zero-order valence-electron chi connectivity index (χ0n) is 18.7. The van der Waals surface area contributed by atoms with E-state index in [9.17, 15) is 14.0 Å². The van der Waals surface area contributed by atoms with Crippen molar-refractivity contribution in [1.29, 1.82) is 0 Å². The molecule has 4 aromatic rings. The normalized spacial score (nSPS) is 17.1. The molecule has 3 aromatic carbocycles. The first-order valence-corrected chi connectivity index (χ1v) is 11.0. The molecule has 0 bridgehead atoms. The summed E-state index contributed by atoms with van der Waals surface area (Å²) in [6, 6.07) is 21.7. The van der Waals surface area contributed by atoms with Crippen LogP contribution in [-0.4, -0.2) is 27.6 Å². The van der Waals surface area contributed by atoms with E-state index in [4.69, 9.17) is 5.10 Å². The Morgan fingerprint density at radius 2 is 1.74 bits per heavy atom. The smallest absolute Gasteiger partial charge is 0.251 e. The fourth-order valence-corrected chi connectivity index (χ4v) is 4.44. The van der Waals surface area contributed by atoms with Gasteiger partial charge >= 0.3 is 0 Å². The Morgan fingerprint density at radius 3 is 2.44 bits per heavy atom. The number of benzene rings is 3. The Hall–Kier alpha value is -4.26. The van der Waals surface area contributed by atoms with Crippen molar-refractivity contribution < 1.29 is 14.0 Å². The van der Waals surface area contributed by atoms with Gasteiger partial charge in [0, 0.05) is 17.0 Å². The number of fused-ring (bicyclic) bond motifs is 1. The minimum absolute atomic E-state index is 0.380. The number of amides is 2. The van der Waals surface area contributed by atoms with Crippen LogP contribution in [0.25, 0.3) is 5.69 Å². The average Bonchev–Trinajstić information content (AvgIpc) is 3.16. The minimum Gasteiger partial charge on any atom is -0.339 e. The lowest BCUT2D eigenvalue weighted by molar-refractivity contribution is -0.118. The third-order valence-electron chi connectivity index (χ3n) is 6.08. The molecule has 6 nitrogen and oxygen atoms in total. The van der Waals surface area contributed by atoms with E-state index in [1.165, 1.54) is 12.1 Å². The van der Waals surface area contributed by atoms with Crippen LogP contribution >= 0.6 is 0 Å². The van der Waals surface area contributed by atoms with Gasteiger partial charge < -0.3 is 10.6 Å². The highest BCUT2D eigenvalue weighted by atomic mass is 19.1. The second-order valence-corrected chi connectivity index (χ2v) is 8.43. The topological polar surface area (TPSA) is 76.0 Å². The van der Waals surface area contributed by atoms with E-state index in [2.05, 4.69) is 10.6 Å². The molecular weight excluding hydrogens is 431 g/mol. The largest absolute Gasteiger partial charge is 0.339 e. The molecule has 1 aromatic heterocycles. The third kappa shape index (κ3) is 3.85. The number of halogens is 1. The van der Waals surface area contributed by atoms with Crippen LogP contribution in [0.4, 0.5) is 10.2 Å². The van der Waals surface area contributed by atoms with Gasteiger partial charge in [-0.15, -0.1) is 0 Å². The summed E-state index contributed by atoms with van der Waals surface area (Å²) in [7, 11) is 0. The van der Waals surface area contributed by atoms with Gasteiger partial charge in [0.15, 0.2) is 0 Å². The summed E-state index contributed by atoms with van der Waals surface area (Å²) >= 11 is 0. The predicted octanol–water partition coefficient (Wildman–Crippen LogP) is 4.51. The first-order valence-electron chi connectivity index (χ1n) is 11.0. The number of carbonyl (C=O) groups excluding carboxylic acids is 2. The zero-order chi connectivity index (χ0) is 23.8. The highest BCUT2D eigenvalue weighted by Crippen LogP contribution is 2.40. The molecule has 2 heterocycles. The van der Waals surface area contributed by atoms with Crippen LogP contribution in [0, 0.1) is 19.7 Å². The summed E-state index contributed by atoms with van der Waals surface area (Å²) in [6.45, 7) is 3.85. The third-order valence-corrected chi connectivity index (χ3v) is 6.08. The van der Waals surface area contributed by atoms with Crippen LogP contribution < -0.4 is 10.6 Å². The molecule has 0 saturated heterocycles. The lowest BCUT2D eigenvalue weighted by Gasteiger charge is -2.32. The molecular formula is C27H23FN4O2. The average molecular weight is 455 g/mol. The van der Waals surface area contributed by atoms with Crippen molar-refractivity contribution in [3.05, 3.63) is 113 Å². The van der Waals surface area contributed by atoms with Gasteiger partial charge in [0.05, 0.1) is 11.4 Å². The monoisotopic (exact) mass is 454 g/mol. The molecule has 1 aliphatic rings. The molecule has 2 amide bonds. The van der Waals surface area contributed by atoms with Crippen LogP contribution in [0.2, 0.25) is 0 Å². The molecule has 2 N–H and O–H groups in total. The van der Waals surface area contributed by atoms with Crippen molar-refractivity contribution >= 4 is 17.6 Å². The first-order chi connectivity index (χ1) is 16.4. The molecule has 1 aliphatic heterocycles. The summed E-state index contributed by atoms with van der Waals surface area (Å²) in [4.78, 5) is 26.4. The lowest BCUT2D eigenvalue weighted by Crippen LogP contribution is -2.50. The molecule has 170 valence electrons. The van der Waals surface area contributed by atoms with E-state index in [0.717, 1.165) is 16.8 Å². The number of rotatable bonds is 4. The van der Waals surface area contributed by atoms with E-state index in [1.807, 2.05) is 44.2 Å². The standard InChI is InChI=1S/C27H23FN4O2/c1-16-11-13-21(14-12-16)32-25-22(17(2)31-32)23(19-9-6-10-20(28)15-19)24(27(34)30-25)29-26(33)18-7-4-3-5-8-18/h3-15,23-24H,1-2H3,(H,29,33)(H,30,34)/t23-,24-/m0/s1. The summed E-state index contributed by atoms with van der Waals surface area (Å²) in [6.07, 6.45) is 0. The molecule has 0 aliphatic carbocycles. The maximum absolute atomic E-state index is 14.2. The van der Waals surface area contributed by atoms with Crippen molar-refractivity contribution in [2.75, 3.05) is 5.32 Å². The fraction of sp³-hybridized carbons (Fsp3) is 0.148. The highest BCUT2D eigenvalue weighted by Gasteiger charge is 2.42. The molecule has 0 unspecified atom stereocenters. The Morgan fingerprint density at radius 1 is 1.00 bits per heavy atom. The van der Waals surface area contributed by atoms with Crippen molar-refractivity contribution in [1.82, 2.24) is 15.1 Å². The van der Waals surface area contributed by atoms with Gasteiger partial charge in [-0.2, -0.15) is 5.10 Å². The number of hydrogen-bond donors (Lipinski definition) is 2. The van der Waals surface area contributed by atoms with E-state index in [-0.39, 0.29) is 11.8 Å². The van der Waals surface area contributed by atoms with Gasteiger partial charge in [0.25, 0.3) is 5.91 Å². The lowest BCUT2D eigenvalue weighted by atomic mass is 9.81. The van der Waals surface area contributed by atoms with Crippen LogP contribution in [0.5, 0.6) is 0 Å². The summed E-state index contributed by atoms with van der Waals surface area (Å²) < 4.78 is 15.9. The van der Waals surface area contributed by atoms with Crippen LogP contribution in [0.3, 0.4) is 0 Å². The van der Waals surface area contributed by atoms with E-state index in [1.54, 1.807) is 41.1 Å². The second kappa shape index (κ2) is 8.59. The molecule has 0 radical (unpaired) electrons. The SMILES string of the molecule is Cc1ccc(-n2nc(C)c3c2NC(=O)[C@@H](NC(=O)c2ccccc2)[C@H]3c2cccc(F)c2)cc1. The Kier molecular flexibility index (Phi) is 5.45. The molecule has 7 heteroatoms. The summed E-state index contributed by atoms with van der Waals surface area (Å²) in [5.41, 5.74) is 4.34. The number of aryl methyl sites for hydroxylation is 2. The Bertz CT molecular complexity index is 1380. The molecule has 0 fully saturated rings. The van der Waals surface area contributed by atoms with E-state index in [0.29, 0.717) is 22.6 Å². The number of carbonyl (C=O) groups is 2. The summed E-state index contributed by atoms with van der Waals surface area (Å²) in [5.74, 6) is -1.28. The quantitative estimate of drug-likeness (QED) is 0.476. The second-order valence-electron chi connectivity index (χ2n) is 8.43. The van der Waals surface area contributed by atoms with Gasteiger partial charge in [-0.25, -0.2) is 9.07 Å². The fourth-order valence-electron chi connectivity index (χ4n) is 4.44.